The van der Waals surface area contributed by atoms with E-state index >= 15 is 0 Å². The van der Waals surface area contributed by atoms with Crippen LogP contribution in [0.1, 0.15) is 5.56 Å². The Morgan fingerprint density at radius 3 is 2.47 bits per heavy atom. The molecule has 2 nitrogen and oxygen atoms in total. The molecule has 0 bridgehead atoms. The van der Waals surface area contributed by atoms with Crippen LogP contribution in [0, 0.1) is 6.92 Å². The first-order valence-electron chi connectivity index (χ1n) is 5.99. The van der Waals surface area contributed by atoms with Gasteiger partial charge < -0.3 is 4.42 Å². The molecule has 19 heavy (non-hydrogen) atoms. The summed E-state index contributed by atoms with van der Waals surface area (Å²) in [5.41, 5.74) is 2.44. The molecule has 0 atom stereocenters. The summed E-state index contributed by atoms with van der Waals surface area (Å²) in [7, 11) is 0. The van der Waals surface area contributed by atoms with Crippen molar-refractivity contribution in [1.82, 2.24) is 0 Å². The van der Waals surface area contributed by atoms with Crippen LogP contribution in [0.15, 0.2) is 62.6 Å². The van der Waals surface area contributed by atoms with E-state index in [0.29, 0.717) is 21.6 Å². The zero-order valence-electron chi connectivity index (χ0n) is 10.4. The van der Waals surface area contributed by atoms with E-state index in [1.165, 1.54) is 0 Å². The molecule has 0 N–H and O–H groups in total. The van der Waals surface area contributed by atoms with Gasteiger partial charge in [-0.3, -0.25) is 4.79 Å². The SMILES string of the molecule is Cc1ccccc1-c1oc2ccccc2c(=O)c1S. The number of para-hydroxylation sites is 1. The maximum Gasteiger partial charge on any atom is 0.206 e. The molecule has 0 radical (unpaired) electrons. The number of hydrogen-bond donors (Lipinski definition) is 1. The Morgan fingerprint density at radius 1 is 1.00 bits per heavy atom. The highest BCUT2D eigenvalue weighted by Crippen LogP contribution is 2.29. The van der Waals surface area contributed by atoms with Crippen molar-refractivity contribution in [1.29, 1.82) is 0 Å². The fraction of sp³-hybridized carbons (Fsp3) is 0.0625. The predicted molar refractivity (Wildman–Crippen MR) is 79.9 cm³/mol. The maximum absolute atomic E-state index is 12.3. The second kappa shape index (κ2) is 4.59. The summed E-state index contributed by atoms with van der Waals surface area (Å²) in [6.07, 6.45) is 0. The maximum atomic E-state index is 12.3. The third kappa shape index (κ3) is 1.96. The highest BCUT2D eigenvalue weighted by molar-refractivity contribution is 7.80. The summed E-state index contributed by atoms with van der Waals surface area (Å²) >= 11 is 4.34. The molecule has 94 valence electrons. The summed E-state index contributed by atoms with van der Waals surface area (Å²) in [5.74, 6) is 0.533. The third-order valence-corrected chi connectivity index (χ3v) is 3.57. The lowest BCUT2D eigenvalue weighted by atomic mass is 10.1. The van der Waals surface area contributed by atoms with E-state index in [1.54, 1.807) is 12.1 Å². The van der Waals surface area contributed by atoms with Gasteiger partial charge in [0.05, 0.1) is 10.3 Å². The van der Waals surface area contributed by atoms with Crippen molar-refractivity contribution in [3.8, 4) is 11.3 Å². The van der Waals surface area contributed by atoms with E-state index in [4.69, 9.17) is 4.42 Å². The van der Waals surface area contributed by atoms with E-state index in [9.17, 15) is 4.79 Å². The number of rotatable bonds is 1. The monoisotopic (exact) mass is 268 g/mol. The standard InChI is InChI=1S/C16H12O2S/c1-10-6-2-3-7-11(10)15-16(19)14(17)12-8-4-5-9-13(12)18-15/h2-9,19H,1H3. The molecule has 0 unspecified atom stereocenters. The van der Waals surface area contributed by atoms with Crippen LogP contribution in [0.25, 0.3) is 22.3 Å². The van der Waals surface area contributed by atoms with Crippen molar-refractivity contribution >= 4 is 23.6 Å². The largest absolute Gasteiger partial charge is 0.455 e. The molecule has 0 amide bonds. The Labute approximate surface area is 116 Å². The molecule has 0 spiro atoms. The summed E-state index contributed by atoms with van der Waals surface area (Å²) < 4.78 is 5.86. The number of fused-ring (bicyclic) bond motifs is 1. The van der Waals surface area contributed by atoms with E-state index in [1.807, 2.05) is 43.3 Å². The van der Waals surface area contributed by atoms with Gasteiger partial charge in [-0.25, -0.2) is 0 Å². The van der Waals surface area contributed by atoms with Gasteiger partial charge in [-0.1, -0.05) is 36.4 Å². The first kappa shape index (κ1) is 12.1. The summed E-state index contributed by atoms with van der Waals surface area (Å²) in [5, 5.41) is 0.560. The van der Waals surface area contributed by atoms with Gasteiger partial charge in [0.1, 0.15) is 5.58 Å². The van der Waals surface area contributed by atoms with E-state index < -0.39 is 0 Å². The molecule has 0 aliphatic rings. The van der Waals surface area contributed by atoms with Crippen LogP contribution in [-0.4, -0.2) is 0 Å². The lowest BCUT2D eigenvalue weighted by molar-refractivity contribution is 0.605. The normalized spacial score (nSPS) is 10.8. The van der Waals surface area contributed by atoms with Gasteiger partial charge in [0, 0.05) is 5.56 Å². The second-order valence-electron chi connectivity index (χ2n) is 4.42. The van der Waals surface area contributed by atoms with Gasteiger partial charge in [-0.05, 0) is 24.6 Å². The van der Waals surface area contributed by atoms with Gasteiger partial charge in [0.15, 0.2) is 5.76 Å². The lowest BCUT2D eigenvalue weighted by Crippen LogP contribution is -2.04. The summed E-state index contributed by atoms with van der Waals surface area (Å²) in [6.45, 7) is 1.98. The fourth-order valence-electron chi connectivity index (χ4n) is 2.14. The van der Waals surface area contributed by atoms with Crippen molar-refractivity contribution in [2.45, 2.75) is 11.8 Å². The minimum Gasteiger partial charge on any atom is -0.455 e. The van der Waals surface area contributed by atoms with Crippen LogP contribution < -0.4 is 5.43 Å². The molecule has 2 aromatic carbocycles. The summed E-state index contributed by atoms with van der Waals surface area (Å²) in [4.78, 5) is 12.7. The van der Waals surface area contributed by atoms with Crippen LogP contribution in [0.4, 0.5) is 0 Å². The van der Waals surface area contributed by atoms with Crippen molar-refractivity contribution in [3.63, 3.8) is 0 Å². The Balaban J connectivity index is 2.40. The van der Waals surface area contributed by atoms with Crippen LogP contribution in [-0.2, 0) is 0 Å². The van der Waals surface area contributed by atoms with Gasteiger partial charge >= 0.3 is 0 Å². The van der Waals surface area contributed by atoms with Crippen molar-refractivity contribution in [2.24, 2.45) is 0 Å². The number of aryl methyl sites for hydroxylation is 1. The number of benzene rings is 2. The molecule has 1 aromatic heterocycles. The molecule has 3 aromatic rings. The molecule has 3 rings (SSSR count). The average molecular weight is 268 g/mol. The molecular formula is C16H12O2S. The average Bonchev–Trinajstić information content (AvgIpc) is 2.44. The third-order valence-electron chi connectivity index (χ3n) is 3.16. The Morgan fingerprint density at radius 2 is 1.68 bits per heavy atom. The van der Waals surface area contributed by atoms with Gasteiger partial charge in [0.2, 0.25) is 5.43 Å². The zero-order valence-corrected chi connectivity index (χ0v) is 11.3. The van der Waals surface area contributed by atoms with Gasteiger partial charge in [0.25, 0.3) is 0 Å². The van der Waals surface area contributed by atoms with Crippen molar-refractivity contribution in [3.05, 3.63) is 64.3 Å². The van der Waals surface area contributed by atoms with E-state index in [0.717, 1.165) is 11.1 Å². The molecule has 0 saturated carbocycles. The zero-order chi connectivity index (χ0) is 13.4. The molecule has 0 saturated heterocycles. The van der Waals surface area contributed by atoms with Crippen molar-refractivity contribution < 1.29 is 4.42 Å². The summed E-state index contributed by atoms with van der Waals surface area (Å²) in [6, 6.07) is 15.0. The smallest absolute Gasteiger partial charge is 0.206 e. The topological polar surface area (TPSA) is 30.2 Å². The Bertz CT molecular complexity index is 818. The molecule has 3 heteroatoms. The molecular weight excluding hydrogens is 256 g/mol. The van der Waals surface area contributed by atoms with Crippen LogP contribution >= 0.6 is 12.6 Å². The van der Waals surface area contributed by atoms with E-state index in [-0.39, 0.29) is 5.43 Å². The number of thiol groups is 1. The Kier molecular flexibility index (Phi) is 2.91. The van der Waals surface area contributed by atoms with Gasteiger partial charge in [-0.15, -0.1) is 12.6 Å². The fourth-order valence-corrected chi connectivity index (χ4v) is 2.43. The van der Waals surface area contributed by atoms with Crippen LogP contribution in [0.5, 0.6) is 0 Å². The molecule has 0 aliphatic heterocycles. The quantitative estimate of drug-likeness (QED) is 0.675. The predicted octanol–water partition coefficient (Wildman–Crippen LogP) is 4.06. The first-order chi connectivity index (χ1) is 9.18. The first-order valence-corrected chi connectivity index (χ1v) is 6.44. The minimum atomic E-state index is -0.0940. The highest BCUT2D eigenvalue weighted by atomic mass is 32.1. The molecule has 1 heterocycles. The second-order valence-corrected chi connectivity index (χ2v) is 4.87. The van der Waals surface area contributed by atoms with Gasteiger partial charge in [-0.2, -0.15) is 0 Å². The van der Waals surface area contributed by atoms with Crippen molar-refractivity contribution in [2.75, 3.05) is 0 Å². The molecule has 0 fully saturated rings. The lowest BCUT2D eigenvalue weighted by Gasteiger charge is -2.08. The van der Waals surface area contributed by atoms with Crippen LogP contribution in [0.2, 0.25) is 0 Å². The minimum absolute atomic E-state index is 0.0940. The van der Waals surface area contributed by atoms with Crippen LogP contribution in [0.3, 0.4) is 0 Å². The number of hydrogen-bond acceptors (Lipinski definition) is 3. The highest BCUT2D eigenvalue weighted by Gasteiger charge is 2.14. The molecule has 0 aliphatic carbocycles. The van der Waals surface area contributed by atoms with E-state index in [2.05, 4.69) is 12.6 Å². The Hall–Kier alpha value is -2.00.